The molecule has 4 nitrogen and oxygen atoms in total. The van der Waals surface area contributed by atoms with Crippen molar-refractivity contribution in [2.45, 2.75) is 25.4 Å². The largest absolute Gasteiger partial charge is 0.296 e. The van der Waals surface area contributed by atoms with Crippen molar-refractivity contribution >= 4 is 10.8 Å². The number of pyridine rings is 1. The second kappa shape index (κ2) is 6.23. The smallest absolute Gasteiger partial charge is 0.177 e. The Labute approximate surface area is 147 Å². The predicted molar refractivity (Wildman–Crippen MR) is 98.1 cm³/mol. The quantitative estimate of drug-likeness (QED) is 0.707. The van der Waals surface area contributed by atoms with Crippen LogP contribution in [0.3, 0.4) is 0 Å². The number of aryl methyl sites for hydroxylation is 1. The SMILES string of the molecule is CCCCN1CC(F)(c2cc3cc(-c4cnn(C)c4)ccc3cn2)C1. The molecule has 1 aromatic carbocycles. The predicted octanol–water partition coefficient (Wildman–Crippen LogP) is 3.92. The molecule has 0 radical (unpaired) electrons. The van der Waals surface area contributed by atoms with Crippen molar-refractivity contribution in [1.29, 1.82) is 0 Å². The number of halogens is 1. The first-order valence-corrected chi connectivity index (χ1v) is 8.88. The second-order valence-corrected chi connectivity index (χ2v) is 7.06. The molecule has 0 unspecified atom stereocenters. The van der Waals surface area contributed by atoms with Gasteiger partial charge in [0.2, 0.25) is 0 Å². The maximum atomic E-state index is 15.2. The standard InChI is InChI=1S/C20H23FN4/c1-3-4-7-25-13-20(21,14-25)19-9-17-8-15(5-6-16(17)10-22-19)18-11-23-24(2)12-18/h5-6,8-12H,3-4,7,13-14H2,1-2H3. The summed E-state index contributed by atoms with van der Waals surface area (Å²) in [6.07, 6.45) is 7.87. The van der Waals surface area contributed by atoms with Crippen LogP contribution in [0.5, 0.6) is 0 Å². The molecular formula is C20H23FN4. The molecule has 5 heteroatoms. The van der Waals surface area contributed by atoms with Gasteiger partial charge in [-0.1, -0.05) is 25.5 Å². The molecule has 3 aromatic rings. The molecule has 1 aliphatic heterocycles. The third-order valence-electron chi connectivity index (χ3n) is 5.00. The highest BCUT2D eigenvalue weighted by Crippen LogP contribution is 2.36. The Morgan fingerprint density at radius 2 is 1.96 bits per heavy atom. The maximum absolute atomic E-state index is 15.2. The fraction of sp³-hybridized carbons (Fsp3) is 0.400. The van der Waals surface area contributed by atoms with Crippen molar-refractivity contribution in [2.24, 2.45) is 7.05 Å². The molecular weight excluding hydrogens is 315 g/mol. The van der Waals surface area contributed by atoms with Crippen molar-refractivity contribution in [3.05, 3.63) is 48.5 Å². The fourth-order valence-electron chi connectivity index (χ4n) is 3.50. The van der Waals surface area contributed by atoms with Gasteiger partial charge in [-0.15, -0.1) is 0 Å². The van der Waals surface area contributed by atoms with E-state index < -0.39 is 5.67 Å². The van der Waals surface area contributed by atoms with Crippen molar-refractivity contribution in [3.63, 3.8) is 0 Å². The maximum Gasteiger partial charge on any atom is 0.177 e. The number of rotatable bonds is 5. The highest BCUT2D eigenvalue weighted by Gasteiger charge is 2.45. The Hall–Kier alpha value is -2.27. The number of fused-ring (bicyclic) bond motifs is 1. The third-order valence-corrected chi connectivity index (χ3v) is 5.00. The number of unbranched alkanes of at least 4 members (excludes halogenated alkanes) is 1. The van der Waals surface area contributed by atoms with Crippen LogP contribution in [0.1, 0.15) is 25.5 Å². The van der Waals surface area contributed by atoms with Gasteiger partial charge in [0.05, 0.1) is 11.9 Å². The minimum atomic E-state index is -1.31. The zero-order valence-corrected chi connectivity index (χ0v) is 14.7. The summed E-state index contributed by atoms with van der Waals surface area (Å²) in [5.74, 6) is 0. The molecule has 1 saturated heterocycles. The highest BCUT2D eigenvalue weighted by molar-refractivity contribution is 5.87. The van der Waals surface area contributed by atoms with Crippen LogP contribution in [0.4, 0.5) is 4.39 Å². The van der Waals surface area contributed by atoms with Crippen LogP contribution in [-0.4, -0.2) is 39.3 Å². The Morgan fingerprint density at radius 3 is 2.68 bits per heavy atom. The van der Waals surface area contributed by atoms with Gasteiger partial charge >= 0.3 is 0 Å². The lowest BCUT2D eigenvalue weighted by Gasteiger charge is -2.44. The molecule has 0 spiro atoms. The summed E-state index contributed by atoms with van der Waals surface area (Å²) in [5, 5.41) is 6.28. The number of aromatic nitrogens is 3. The third kappa shape index (κ3) is 3.04. The lowest BCUT2D eigenvalue weighted by atomic mass is 9.90. The first kappa shape index (κ1) is 16.2. The molecule has 3 heterocycles. The van der Waals surface area contributed by atoms with Gasteiger partial charge in [-0.25, -0.2) is 4.39 Å². The summed E-state index contributed by atoms with van der Waals surface area (Å²) < 4.78 is 16.9. The van der Waals surface area contributed by atoms with E-state index >= 15 is 4.39 Å². The molecule has 130 valence electrons. The normalized spacial score (nSPS) is 16.9. The van der Waals surface area contributed by atoms with E-state index in [-0.39, 0.29) is 0 Å². The molecule has 0 bridgehead atoms. The first-order chi connectivity index (χ1) is 12.1. The Kier molecular flexibility index (Phi) is 4.04. The van der Waals surface area contributed by atoms with E-state index in [9.17, 15) is 0 Å². The van der Waals surface area contributed by atoms with Crippen LogP contribution in [0.25, 0.3) is 21.9 Å². The minimum absolute atomic E-state index is 0.452. The van der Waals surface area contributed by atoms with Gasteiger partial charge in [0.15, 0.2) is 5.67 Å². The van der Waals surface area contributed by atoms with Gasteiger partial charge < -0.3 is 0 Å². The summed E-state index contributed by atoms with van der Waals surface area (Å²) in [6.45, 7) is 4.04. The van der Waals surface area contributed by atoms with Gasteiger partial charge in [0, 0.05) is 43.5 Å². The zero-order chi connectivity index (χ0) is 17.4. The van der Waals surface area contributed by atoms with E-state index in [4.69, 9.17) is 0 Å². The summed E-state index contributed by atoms with van der Waals surface area (Å²) >= 11 is 0. The van der Waals surface area contributed by atoms with E-state index in [1.807, 2.05) is 31.6 Å². The van der Waals surface area contributed by atoms with Crippen LogP contribution in [0.15, 0.2) is 42.9 Å². The van der Waals surface area contributed by atoms with Gasteiger partial charge in [-0.2, -0.15) is 5.10 Å². The van der Waals surface area contributed by atoms with Crippen molar-refractivity contribution < 1.29 is 4.39 Å². The van der Waals surface area contributed by atoms with E-state index in [2.05, 4.69) is 34.0 Å². The molecule has 0 N–H and O–H groups in total. The summed E-state index contributed by atoms with van der Waals surface area (Å²) in [7, 11) is 1.90. The Balaban J connectivity index is 1.61. The average Bonchev–Trinajstić information content (AvgIpc) is 3.03. The molecule has 0 saturated carbocycles. The molecule has 0 aliphatic carbocycles. The summed E-state index contributed by atoms with van der Waals surface area (Å²) in [4.78, 5) is 6.57. The van der Waals surface area contributed by atoms with Gasteiger partial charge in [0.25, 0.3) is 0 Å². The molecule has 4 rings (SSSR count). The van der Waals surface area contributed by atoms with E-state index in [0.29, 0.717) is 18.8 Å². The van der Waals surface area contributed by atoms with Gasteiger partial charge in [0.1, 0.15) is 0 Å². The second-order valence-electron chi connectivity index (χ2n) is 7.06. The molecule has 0 amide bonds. The highest BCUT2D eigenvalue weighted by atomic mass is 19.1. The lowest BCUT2D eigenvalue weighted by Crippen LogP contribution is -2.57. The topological polar surface area (TPSA) is 34.0 Å². The van der Waals surface area contributed by atoms with Crippen molar-refractivity contribution in [3.8, 4) is 11.1 Å². The van der Waals surface area contributed by atoms with E-state index in [1.54, 1.807) is 10.9 Å². The van der Waals surface area contributed by atoms with Crippen LogP contribution in [0.2, 0.25) is 0 Å². The average molecular weight is 338 g/mol. The van der Waals surface area contributed by atoms with E-state index in [1.165, 1.54) is 0 Å². The van der Waals surface area contributed by atoms with Crippen molar-refractivity contribution in [2.75, 3.05) is 19.6 Å². The number of hydrogen-bond acceptors (Lipinski definition) is 3. The number of hydrogen-bond donors (Lipinski definition) is 0. The van der Waals surface area contributed by atoms with Gasteiger partial charge in [-0.05, 0) is 36.0 Å². The number of likely N-dealkylation sites (tertiary alicyclic amines) is 1. The summed E-state index contributed by atoms with van der Waals surface area (Å²) in [5.41, 5.74) is 1.39. The monoisotopic (exact) mass is 338 g/mol. The van der Waals surface area contributed by atoms with Crippen LogP contribution in [0, 0.1) is 0 Å². The van der Waals surface area contributed by atoms with Crippen molar-refractivity contribution in [1.82, 2.24) is 19.7 Å². The molecule has 1 aliphatic rings. The molecule has 25 heavy (non-hydrogen) atoms. The van der Waals surface area contributed by atoms with Crippen LogP contribution < -0.4 is 0 Å². The minimum Gasteiger partial charge on any atom is -0.296 e. The van der Waals surface area contributed by atoms with Gasteiger partial charge in [-0.3, -0.25) is 14.6 Å². The Morgan fingerprint density at radius 1 is 1.12 bits per heavy atom. The zero-order valence-electron chi connectivity index (χ0n) is 14.7. The number of benzene rings is 1. The number of alkyl halides is 1. The van der Waals surface area contributed by atoms with Crippen LogP contribution in [-0.2, 0) is 12.7 Å². The van der Waals surface area contributed by atoms with Crippen LogP contribution >= 0.6 is 0 Å². The lowest BCUT2D eigenvalue weighted by molar-refractivity contribution is -0.0399. The first-order valence-electron chi connectivity index (χ1n) is 8.88. The van der Waals surface area contributed by atoms with E-state index in [0.717, 1.165) is 41.3 Å². The summed E-state index contributed by atoms with van der Waals surface area (Å²) in [6, 6.07) is 8.09. The molecule has 1 fully saturated rings. The number of nitrogens with zero attached hydrogens (tertiary/aromatic N) is 4. The Bertz CT molecular complexity index is 896. The molecule has 2 aromatic heterocycles. The fourth-order valence-corrected chi connectivity index (χ4v) is 3.50. The molecule has 0 atom stereocenters.